The fourth-order valence-corrected chi connectivity index (χ4v) is 5.43. The summed E-state index contributed by atoms with van der Waals surface area (Å²) in [7, 11) is 3.65. The fourth-order valence-electron chi connectivity index (χ4n) is 5.05. The third-order valence-corrected chi connectivity index (χ3v) is 7.57. The zero-order valence-corrected chi connectivity index (χ0v) is 22.6. The van der Waals surface area contributed by atoms with Gasteiger partial charge in [-0.05, 0) is 56.3 Å². The number of aromatic hydroxyl groups is 1. The van der Waals surface area contributed by atoms with Gasteiger partial charge in [-0.2, -0.15) is 0 Å². The van der Waals surface area contributed by atoms with Crippen LogP contribution in [0.3, 0.4) is 0 Å². The summed E-state index contributed by atoms with van der Waals surface area (Å²) < 4.78 is 7.52. The molecule has 1 N–H and O–H groups in total. The standard InChI is InChI=1S/C29H27BrN4O3/c1-18-25(28(36)33(31(18)3)21-11-7-5-8-12-21)27(23-17-20(30)15-16-24(23)35)26-19(2)32(4)34(29(26)37)22-13-9-6-10-14-22/h5-17,27,35H,1-4H3. The maximum absolute atomic E-state index is 14.1. The summed E-state index contributed by atoms with van der Waals surface area (Å²) in [5.74, 6) is -0.791. The van der Waals surface area contributed by atoms with E-state index in [0.717, 1.165) is 4.47 Å². The highest BCUT2D eigenvalue weighted by atomic mass is 79.9. The smallest absolute Gasteiger partial charge is 0.275 e. The van der Waals surface area contributed by atoms with E-state index in [0.29, 0.717) is 39.5 Å². The molecule has 0 aliphatic heterocycles. The largest absolute Gasteiger partial charge is 0.508 e. The van der Waals surface area contributed by atoms with Gasteiger partial charge in [0.05, 0.1) is 28.4 Å². The van der Waals surface area contributed by atoms with Gasteiger partial charge in [0.2, 0.25) is 0 Å². The highest BCUT2D eigenvalue weighted by Gasteiger charge is 2.34. The lowest BCUT2D eigenvalue weighted by Gasteiger charge is -2.18. The van der Waals surface area contributed by atoms with Crippen LogP contribution in [0.4, 0.5) is 0 Å². The van der Waals surface area contributed by atoms with Crippen molar-refractivity contribution in [3.8, 4) is 17.1 Å². The van der Waals surface area contributed by atoms with Crippen molar-refractivity contribution in [2.24, 2.45) is 14.1 Å². The number of phenols is 1. The molecular weight excluding hydrogens is 532 g/mol. The second-order valence-corrected chi connectivity index (χ2v) is 10.0. The van der Waals surface area contributed by atoms with E-state index in [1.54, 1.807) is 36.9 Å². The summed E-state index contributed by atoms with van der Waals surface area (Å²) in [5, 5.41) is 11.0. The average Bonchev–Trinajstić information content (AvgIpc) is 3.25. The number of rotatable bonds is 5. The first-order valence-electron chi connectivity index (χ1n) is 11.9. The molecule has 0 aliphatic rings. The van der Waals surface area contributed by atoms with Gasteiger partial charge in [-0.25, -0.2) is 9.36 Å². The second kappa shape index (κ2) is 9.44. The number of benzene rings is 3. The van der Waals surface area contributed by atoms with E-state index in [-0.39, 0.29) is 16.9 Å². The number of nitrogens with zero attached hydrogens (tertiary/aromatic N) is 4. The SMILES string of the molecule is Cc1c(C(c2cc(Br)ccc2O)c2c(C)n(C)n(-c3ccccc3)c2=O)c(=O)n(-c2ccccc2)n1C. The molecule has 3 aromatic carbocycles. The van der Waals surface area contributed by atoms with Gasteiger partial charge < -0.3 is 5.11 Å². The van der Waals surface area contributed by atoms with Gasteiger partial charge in [0.25, 0.3) is 11.1 Å². The van der Waals surface area contributed by atoms with Crippen LogP contribution in [0.15, 0.2) is 92.9 Å². The van der Waals surface area contributed by atoms with Crippen LogP contribution in [0.25, 0.3) is 11.4 Å². The van der Waals surface area contributed by atoms with Crippen LogP contribution < -0.4 is 11.1 Å². The number of halogens is 1. The maximum Gasteiger partial charge on any atom is 0.275 e. The molecule has 0 unspecified atom stereocenters. The number of phenolic OH excluding ortho intramolecular Hbond substituents is 1. The van der Waals surface area contributed by atoms with Gasteiger partial charge in [-0.3, -0.25) is 19.0 Å². The molecule has 5 rings (SSSR count). The van der Waals surface area contributed by atoms with Crippen LogP contribution in [-0.2, 0) is 14.1 Å². The molecule has 0 saturated heterocycles. The third-order valence-electron chi connectivity index (χ3n) is 7.08. The fraction of sp³-hybridized carbons (Fsp3) is 0.172. The summed E-state index contributed by atoms with van der Waals surface area (Å²) in [4.78, 5) is 28.2. The molecule has 7 nitrogen and oxygen atoms in total. The predicted octanol–water partition coefficient (Wildman–Crippen LogP) is 4.93. The Hall–Kier alpha value is -4.04. The molecule has 0 radical (unpaired) electrons. The molecule has 0 amide bonds. The van der Waals surface area contributed by atoms with Gasteiger partial charge >= 0.3 is 0 Å². The molecule has 8 heteroatoms. The van der Waals surface area contributed by atoms with Crippen LogP contribution in [0.1, 0.15) is 34.0 Å². The Kier molecular flexibility index (Phi) is 6.29. The molecule has 37 heavy (non-hydrogen) atoms. The lowest BCUT2D eigenvalue weighted by molar-refractivity contribution is 0.466. The van der Waals surface area contributed by atoms with E-state index in [9.17, 15) is 14.7 Å². The number of hydrogen-bond donors (Lipinski definition) is 1. The summed E-state index contributed by atoms with van der Waals surface area (Å²) in [6.07, 6.45) is 0. The van der Waals surface area contributed by atoms with E-state index in [1.165, 1.54) is 0 Å². The molecule has 0 saturated carbocycles. The average molecular weight is 559 g/mol. The Morgan fingerprint density at radius 1 is 0.703 bits per heavy atom. The Morgan fingerprint density at radius 2 is 1.14 bits per heavy atom. The normalized spacial score (nSPS) is 11.4. The van der Waals surface area contributed by atoms with E-state index >= 15 is 0 Å². The van der Waals surface area contributed by atoms with Gasteiger partial charge in [-0.15, -0.1) is 0 Å². The topological polar surface area (TPSA) is 74.1 Å². The Morgan fingerprint density at radius 3 is 1.57 bits per heavy atom. The Bertz CT molecular complexity index is 1620. The van der Waals surface area contributed by atoms with Crippen molar-refractivity contribution in [3.05, 3.63) is 132 Å². The minimum Gasteiger partial charge on any atom is -0.508 e. The van der Waals surface area contributed by atoms with Crippen molar-refractivity contribution < 1.29 is 5.11 Å². The van der Waals surface area contributed by atoms with Gasteiger partial charge in [0.1, 0.15) is 5.75 Å². The second-order valence-electron chi connectivity index (χ2n) is 9.09. The number of aromatic nitrogens is 4. The third kappa shape index (κ3) is 3.97. The van der Waals surface area contributed by atoms with Gasteiger partial charge in [0.15, 0.2) is 0 Å². The zero-order valence-electron chi connectivity index (χ0n) is 21.0. The quantitative estimate of drug-likeness (QED) is 0.332. The minimum atomic E-state index is -0.801. The van der Waals surface area contributed by atoms with E-state index < -0.39 is 5.92 Å². The molecule has 2 heterocycles. The Labute approximate surface area is 222 Å². The lowest BCUT2D eigenvalue weighted by atomic mass is 9.84. The number of para-hydroxylation sites is 2. The molecule has 0 aliphatic carbocycles. The van der Waals surface area contributed by atoms with Gasteiger partial charge in [0, 0.05) is 35.5 Å². The molecule has 188 valence electrons. The van der Waals surface area contributed by atoms with Crippen LogP contribution in [-0.4, -0.2) is 23.8 Å². The van der Waals surface area contributed by atoms with Crippen molar-refractivity contribution in [1.82, 2.24) is 18.7 Å². The van der Waals surface area contributed by atoms with Crippen molar-refractivity contribution in [3.63, 3.8) is 0 Å². The summed E-state index contributed by atoms with van der Waals surface area (Å²) in [6, 6.07) is 23.9. The highest BCUT2D eigenvalue weighted by Crippen LogP contribution is 2.39. The molecule has 0 bridgehead atoms. The van der Waals surface area contributed by atoms with E-state index in [4.69, 9.17) is 0 Å². The van der Waals surface area contributed by atoms with E-state index in [2.05, 4.69) is 15.9 Å². The first-order chi connectivity index (χ1) is 17.7. The van der Waals surface area contributed by atoms with Crippen molar-refractivity contribution in [2.45, 2.75) is 19.8 Å². The first-order valence-corrected chi connectivity index (χ1v) is 12.7. The Balaban J connectivity index is 1.88. The number of hydrogen-bond acceptors (Lipinski definition) is 3. The highest BCUT2D eigenvalue weighted by molar-refractivity contribution is 9.10. The van der Waals surface area contributed by atoms with Crippen molar-refractivity contribution >= 4 is 15.9 Å². The molecule has 0 spiro atoms. The summed E-state index contributed by atoms with van der Waals surface area (Å²) >= 11 is 3.51. The van der Waals surface area contributed by atoms with Crippen molar-refractivity contribution in [2.75, 3.05) is 0 Å². The van der Waals surface area contributed by atoms with Crippen LogP contribution in [0, 0.1) is 13.8 Å². The summed E-state index contributed by atoms with van der Waals surface area (Å²) in [5.41, 5.74) is 3.69. The molecule has 2 aromatic heterocycles. The lowest BCUT2D eigenvalue weighted by Crippen LogP contribution is -2.26. The molecule has 0 fully saturated rings. The van der Waals surface area contributed by atoms with Gasteiger partial charge in [-0.1, -0.05) is 52.3 Å². The molecule has 0 atom stereocenters. The minimum absolute atomic E-state index is 0.0102. The van der Waals surface area contributed by atoms with Crippen LogP contribution in [0.5, 0.6) is 5.75 Å². The van der Waals surface area contributed by atoms with E-state index in [1.807, 2.05) is 88.6 Å². The molecular formula is C29H27BrN4O3. The maximum atomic E-state index is 14.1. The predicted molar refractivity (Wildman–Crippen MR) is 148 cm³/mol. The zero-order chi connectivity index (χ0) is 26.4. The van der Waals surface area contributed by atoms with Crippen LogP contribution >= 0.6 is 15.9 Å². The molecule has 5 aromatic rings. The monoisotopic (exact) mass is 558 g/mol. The van der Waals surface area contributed by atoms with Crippen LogP contribution in [0.2, 0.25) is 0 Å². The van der Waals surface area contributed by atoms with Crippen molar-refractivity contribution in [1.29, 1.82) is 0 Å². The summed E-state index contributed by atoms with van der Waals surface area (Å²) in [6.45, 7) is 3.73. The first kappa shape index (κ1) is 24.6.